The Balaban J connectivity index is 1.12. The van der Waals surface area contributed by atoms with Crippen LogP contribution in [0.5, 0.6) is 0 Å². The number of aliphatic hydroxyl groups is 19. The quantitative estimate of drug-likeness (QED) is 0.107. The van der Waals surface area contributed by atoms with E-state index in [0.717, 1.165) is 0 Å². The van der Waals surface area contributed by atoms with Crippen molar-refractivity contribution in [3.63, 3.8) is 0 Å². The molecule has 0 saturated carbocycles. The van der Waals surface area contributed by atoms with Crippen molar-refractivity contribution in [1.82, 2.24) is 0 Å². The first-order chi connectivity index (χ1) is 34.3. The summed E-state index contributed by atoms with van der Waals surface area (Å²) in [6.45, 7) is -6.20. The van der Waals surface area contributed by atoms with Crippen LogP contribution in [-0.4, -0.2) is 340 Å². The highest BCUT2D eigenvalue weighted by Crippen LogP contribution is 2.39. The minimum Gasteiger partial charge on any atom is -0.394 e. The van der Waals surface area contributed by atoms with E-state index >= 15 is 0 Å². The van der Waals surface area contributed by atoms with Gasteiger partial charge < -0.3 is 163 Å². The van der Waals surface area contributed by atoms with Crippen molar-refractivity contribution in [2.45, 2.75) is 203 Å². The first-order valence-corrected chi connectivity index (χ1v) is 23.0. The van der Waals surface area contributed by atoms with Gasteiger partial charge in [-0.05, 0) is 0 Å². The van der Waals surface area contributed by atoms with Crippen LogP contribution in [-0.2, 0) is 66.3 Å². The number of hydrogen-bond donors (Lipinski definition) is 19. The van der Waals surface area contributed by atoms with E-state index in [0.29, 0.717) is 0 Å². The lowest BCUT2D eigenvalue weighted by molar-refractivity contribution is -0.429. The van der Waals surface area contributed by atoms with E-state index < -0.39 is 243 Å². The van der Waals surface area contributed by atoms with Crippen LogP contribution in [0, 0.1) is 0 Å². The lowest BCUT2D eigenvalue weighted by Gasteiger charge is -2.51. The molecule has 0 aromatic heterocycles. The van der Waals surface area contributed by atoms with E-state index in [4.69, 9.17) is 66.3 Å². The maximum atomic E-state index is 11.8. The average molecular weight is 1060 g/mol. The van der Waals surface area contributed by atoms with Crippen LogP contribution < -0.4 is 0 Å². The lowest BCUT2D eigenvalue weighted by Crippen LogP contribution is -2.70. The third kappa shape index (κ3) is 10.8. The van der Waals surface area contributed by atoms with Gasteiger partial charge >= 0.3 is 0 Å². The van der Waals surface area contributed by atoms with Crippen molar-refractivity contribution in [2.24, 2.45) is 0 Å². The first kappa shape index (κ1) is 56.9. The molecule has 33 heteroatoms. The molecule has 23 aliphatic rings. The topological polar surface area (TPSA) is 514 Å². The van der Waals surface area contributed by atoms with Crippen molar-refractivity contribution in [2.75, 3.05) is 39.6 Å². The molecule has 0 amide bonds. The molecule has 33 atom stereocenters. The van der Waals surface area contributed by atoms with Gasteiger partial charge in [-0.2, -0.15) is 0 Å². The Morgan fingerprint density at radius 2 is 0.458 bits per heavy atom. The van der Waals surface area contributed by atoms with Crippen molar-refractivity contribution in [3.8, 4) is 0 Å². The Morgan fingerprint density at radius 1 is 0.236 bits per heavy atom. The van der Waals surface area contributed by atoms with Gasteiger partial charge in [-0.1, -0.05) is 0 Å². The zero-order valence-corrected chi connectivity index (χ0v) is 37.5. The monoisotopic (exact) mass is 1060 g/mol. The molecule has 23 aliphatic heterocycles. The molecule has 23 rings (SSSR count). The normalized spacial score (nSPS) is 55.8. The zero-order chi connectivity index (χ0) is 52.2. The second-order valence-electron chi connectivity index (χ2n) is 18.3. The van der Waals surface area contributed by atoms with Gasteiger partial charge in [0.1, 0.15) is 146 Å². The summed E-state index contributed by atoms with van der Waals surface area (Å²) in [5.41, 5.74) is 0. The zero-order valence-electron chi connectivity index (χ0n) is 37.5. The third-order valence-corrected chi connectivity index (χ3v) is 13.8. The van der Waals surface area contributed by atoms with Crippen LogP contribution in [0.2, 0.25) is 0 Å². The Bertz CT molecular complexity index is 1700. The molecule has 0 aromatic rings. The van der Waals surface area contributed by atoms with Crippen molar-refractivity contribution in [3.05, 3.63) is 0 Å². The van der Waals surface area contributed by atoms with Gasteiger partial charge in [0.25, 0.3) is 0 Å². The van der Waals surface area contributed by atoms with E-state index in [9.17, 15) is 97.0 Å². The summed E-state index contributed by atoms with van der Waals surface area (Å²) in [5, 5.41) is 207. The molecule has 19 N–H and O–H groups in total. The van der Waals surface area contributed by atoms with E-state index in [-0.39, 0.29) is 0 Å². The van der Waals surface area contributed by atoms with Crippen molar-refractivity contribution >= 4 is 0 Å². The predicted molar refractivity (Wildman–Crippen MR) is 212 cm³/mol. The second-order valence-corrected chi connectivity index (χ2v) is 18.3. The number of rotatable bonds is 8. The molecule has 0 aliphatic carbocycles. The molecule has 12 bridgehead atoms. The van der Waals surface area contributed by atoms with Crippen molar-refractivity contribution in [1.29, 1.82) is 0 Å². The molecular weight excluding hydrogens is 996 g/mol. The molecule has 23 fully saturated rings. The molecule has 0 spiro atoms. The minimum atomic E-state index is -2.22. The van der Waals surface area contributed by atoms with Gasteiger partial charge in [0.2, 0.25) is 0 Å². The largest absolute Gasteiger partial charge is 0.394 e. The van der Waals surface area contributed by atoms with Crippen LogP contribution in [0.1, 0.15) is 0 Å². The van der Waals surface area contributed by atoms with Gasteiger partial charge in [0.05, 0.1) is 39.6 Å². The highest BCUT2D eigenvalue weighted by atomic mass is 16.8. The summed E-state index contributed by atoms with van der Waals surface area (Å²) in [6, 6.07) is 0. The predicted octanol–water partition coefficient (Wildman–Crippen LogP) is -14.0. The number of hydrogen-bond acceptors (Lipinski definition) is 33. The molecule has 0 aromatic carbocycles. The fourth-order valence-corrected chi connectivity index (χ4v) is 9.68. The summed E-state index contributed by atoms with van der Waals surface area (Å²) in [5.74, 6) is 0. The highest BCUT2D eigenvalue weighted by molar-refractivity contribution is 5.01. The van der Waals surface area contributed by atoms with Crippen molar-refractivity contribution < 1.29 is 163 Å². The summed E-state index contributed by atoms with van der Waals surface area (Å²) in [7, 11) is 0. The second kappa shape index (κ2) is 23.7. The first-order valence-electron chi connectivity index (χ1n) is 23.0. The molecule has 3 unspecified atom stereocenters. The van der Waals surface area contributed by atoms with Gasteiger partial charge in [-0.25, -0.2) is 0 Å². The lowest BCUT2D eigenvalue weighted by atomic mass is 9.94. The van der Waals surface area contributed by atoms with Gasteiger partial charge in [0.15, 0.2) is 56.4 Å². The summed E-state index contributed by atoms with van der Waals surface area (Å²) >= 11 is 0. The molecule has 23 saturated heterocycles. The van der Waals surface area contributed by atoms with Gasteiger partial charge in [0, 0.05) is 0 Å². The minimum absolute atomic E-state index is 1.01. The van der Waals surface area contributed by atoms with Crippen LogP contribution in [0.3, 0.4) is 0 Å². The summed E-state index contributed by atoms with van der Waals surface area (Å²) in [6.07, 6.45) is -64.8. The van der Waals surface area contributed by atoms with Crippen LogP contribution in [0.15, 0.2) is 0 Å². The maximum absolute atomic E-state index is 11.8. The maximum Gasteiger partial charge on any atom is 0.192 e. The Labute approximate surface area is 405 Å². The Hall–Kier alpha value is -1.32. The SMILES string of the molecule is OC[C@H]1O[C@@H]2O[C@H]3[C@H](O)[C@@H](O)[C@@H](O[C@H]4[C@H](O)[C@@H](O)[C@@H](O[C@H]5[C@H](O)[C@@H](O)[C@@H](O[C@H]6[C@H](O)[C@@H](O)[C@@H](O[C@H]7[C@H](O)[C@@H](O)[C@@H](O[C@@H]1[C@H](OC1OC(O)C1O)[C@H]2O)O[C@@H]7CO)O[C@@H]6CO)O[C@@H]5CO)O[C@@H]4CO)O[C@@H]3CO. The summed E-state index contributed by atoms with van der Waals surface area (Å²) in [4.78, 5) is 0. The molecular formula is C39H64O33. The Morgan fingerprint density at radius 3 is 0.681 bits per heavy atom. The molecule has 23 heterocycles. The molecule has 0 radical (unpaired) electrons. The van der Waals surface area contributed by atoms with E-state index in [1.807, 2.05) is 0 Å². The van der Waals surface area contributed by atoms with Crippen LogP contribution >= 0.6 is 0 Å². The van der Waals surface area contributed by atoms with Gasteiger partial charge in [-0.15, -0.1) is 0 Å². The van der Waals surface area contributed by atoms with Crippen LogP contribution in [0.25, 0.3) is 0 Å². The van der Waals surface area contributed by atoms with Crippen LogP contribution in [0.4, 0.5) is 0 Å². The highest BCUT2D eigenvalue weighted by Gasteiger charge is 2.60. The molecule has 72 heavy (non-hydrogen) atoms. The average Bonchev–Trinajstić information content (AvgIpc) is 3.37. The smallest absolute Gasteiger partial charge is 0.192 e. The molecule has 33 nitrogen and oxygen atoms in total. The third-order valence-electron chi connectivity index (χ3n) is 13.8. The summed E-state index contributed by atoms with van der Waals surface area (Å²) < 4.78 is 79.6. The van der Waals surface area contributed by atoms with Gasteiger partial charge in [-0.3, -0.25) is 0 Å². The standard InChI is InChI=1S/C39H64O33/c40-1-7-25-13(46)18(51)33(59-7)66-26-8(2-41)61-35(20(53)15(26)48)68-28-10(4-43)63-37(22(55)17(28)50)70-30-12(6-45)64-38(23(56)31(30)71-39-24(57)32(58)72-39)69-29-11(5-44)62-36(21(54)16(29)49)67-27-9(3-42)60-34(65-25)19(52)14(27)47/h7-58H,1-6H2/t7-,8-,9-,10-,11-,12-,13-,14-,15-,16-,17-,18-,19-,20-,21-,22-,23-,24?,25-,26-,27-,28-,29-,30+,31-,32?,33-,34-,35-,36-,37-,38-,39?/m1/s1. The molecule has 418 valence electrons. The Kier molecular flexibility index (Phi) is 18.7. The van der Waals surface area contributed by atoms with E-state index in [2.05, 4.69) is 0 Å². The fourth-order valence-electron chi connectivity index (χ4n) is 9.68. The number of ether oxygens (including phenoxy) is 14. The van der Waals surface area contributed by atoms with E-state index in [1.54, 1.807) is 0 Å². The van der Waals surface area contributed by atoms with E-state index in [1.165, 1.54) is 0 Å². The fraction of sp³-hybridized carbons (Fsp3) is 1.00. The number of aliphatic hydroxyl groups excluding tert-OH is 19.